The first-order valence-electron chi connectivity index (χ1n) is 6.69. The van der Waals surface area contributed by atoms with Crippen LogP contribution in [0.25, 0.3) is 0 Å². The van der Waals surface area contributed by atoms with Gasteiger partial charge in [0, 0.05) is 11.3 Å². The summed E-state index contributed by atoms with van der Waals surface area (Å²) in [7, 11) is -3.41. The van der Waals surface area contributed by atoms with E-state index in [1.54, 1.807) is 30.3 Å². The molecule has 0 saturated heterocycles. The van der Waals surface area contributed by atoms with Crippen LogP contribution in [0.4, 0.5) is 0 Å². The van der Waals surface area contributed by atoms with Crippen LogP contribution in [-0.2, 0) is 9.84 Å². The quantitative estimate of drug-likeness (QED) is 0.630. The fourth-order valence-corrected chi connectivity index (χ4v) is 4.18. The lowest BCUT2D eigenvalue weighted by Crippen LogP contribution is -2.23. The van der Waals surface area contributed by atoms with Crippen LogP contribution in [0, 0.1) is 23.2 Å². The van der Waals surface area contributed by atoms with Gasteiger partial charge in [-0.25, -0.2) is 8.42 Å². The molecule has 2 nitrogen and oxygen atoms in total. The third kappa shape index (κ3) is 2.53. The van der Waals surface area contributed by atoms with Gasteiger partial charge in [0.2, 0.25) is 0 Å². The van der Waals surface area contributed by atoms with Crippen LogP contribution in [0.2, 0.25) is 0 Å². The number of hydrogen-bond acceptors (Lipinski definition) is 2. The Balaban J connectivity index is 2.36. The summed E-state index contributed by atoms with van der Waals surface area (Å²) in [6.45, 7) is 9.79. The van der Waals surface area contributed by atoms with Crippen LogP contribution >= 0.6 is 0 Å². The van der Waals surface area contributed by atoms with Crippen LogP contribution in [0.15, 0.2) is 47.9 Å². The molecule has 0 radical (unpaired) electrons. The molecule has 0 bridgehead atoms. The molecule has 1 aromatic rings. The van der Waals surface area contributed by atoms with Crippen molar-refractivity contribution in [1.82, 2.24) is 0 Å². The molecule has 0 unspecified atom stereocenters. The summed E-state index contributed by atoms with van der Waals surface area (Å²) in [6.07, 6.45) is 2.09. The Hall–Kier alpha value is -1.53. The predicted octanol–water partition coefficient (Wildman–Crippen LogP) is 3.45. The van der Waals surface area contributed by atoms with Gasteiger partial charge in [-0.3, -0.25) is 0 Å². The predicted molar refractivity (Wildman–Crippen MR) is 81.9 cm³/mol. The fraction of sp³-hybridized carbons (Fsp3) is 0.412. The highest BCUT2D eigenvalue weighted by molar-refractivity contribution is 7.93. The number of sulfone groups is 1. The normalized spacial score (nSPS) is 25.4. The van der Waals surface area contributed by atoms with E-state index < -0.39 is 14.6 Å². The van der Waals surface area contributed by atoms with E-state index in [1.807, 2.05) is 26.8 Å². The minimum Gasteiger partial charge on any atom is -0.223 e. The van der Waals surface area contributed by atoms with Crippen molar-refractivity contribution in [2.45, 2.75) is 36.8 Å². The van der Waals surface area contributed by atoms with Crippen molar-refractivity contribution in [3.05, 3.63) is 43.0 Å². The third-order valence-electron chi connectivity index (χ3n) is 3.47. The zero-order valence-electron chi connectivity index (χ0n) is 12.2. The zero-order valence-corrected chi connectivity index (χ0v) is 13.0. The first-order chi connectivity index (χ1) is 9.23. The average Bonchev–Trinajstić information content (AvgIpc) is 3.12. The first-order valence-corrected chi connectivity index (χ1v) is 8.17. The molecule has 3 heteroatoms. The number of rotatable bonds is 3. The van der Waals surface area contributed by atoms with Gasteiger partial charge in [-0.2, -0.15) is 0 Å². The molecule has 2 rings (SSSR count). The van der Waals surface area contributed by atoms with Gasteiger partial charge in [-0.15, -0.1) is 6.58 Å². The Morgan fingerprint density at radius 2 is 1.90 bits per heavy atom. The molecular weight excluding hydrogens is 268 g/mol. The van der Waals surface area contributed by atoms with E-state index >= 15 is 0 Å². The van der Waals surface area contributed by atoms with E-state index in [0.29, 0.717) is 11.3 Å². The molecule has 0 heterocycles. The Bertz CT molecular complexity index is 669. The molecule has 20 heavy (non-hydrogen) atoms. The van der Waals surface area contributed by atoms with Gasteiger partial charge in [0.1, 0.15) is 4.75 Å². The lowest BCUT2D eigenvalue weighted by molar-refractivity contribution is 0.569. The van der Waals surface area contributed by atoms with E-state index in [0.717, 1.165) is 0 Å². The summed E-state index contributed by atoms with van der Waals surface area (Å²) in [4.78, 5) is 0.347. The molecule has 0 aromatic heterocycles. The second-order valence-electron chi connectivity index (χ2n) is 6.25. The van der Waals surface area contributed by atoms with Crippen LogP contribution in [-0.4, -0.2) is 13.2 Å². The standard InChI is InChI=1S/C17H20O2S/c1-5-17(13-14(17)11-12-16(2,3)4)20(18,19)15-9-7-6-8-10-15/h5-10,14H,1,13H2,2-4H3/t14-,17+/m0/s1. The molecule has 0 amide bonds. The summed E-state index contributed by atoms with van der Waals surface area (Å²) >= 11 is 0. The van der Waals surface area contributed by atoms with Crippen LogP contribution in [0.5, 0.6) is 0 Å². The molecule has 0 aliphatic heterocycles. The van der Waals surface area contributed by atoms with E-state index in [4.69, 9.17) is 0 Å². The van der Waals surface area contributed by atoms with Crippen molar-refractivity contribution in [3.63, 3.8) is 0 Å². The fourth-order valence-electron chi connectivity index (χ4n) is 2.19. The molecule has 1 aliphatic carbocycles. The topological polar surface area (TPSA) is 34.1 Å². The SMILES string of the molecule is C=C[C@@]1(S(=O)(=O)c2ccccc2)C[C@@H]1C#CC(C)(C)C. The lowest BCUT2D eigenvalue weighted by Gasteiger charge is -2.13. The van der Waals surface area contributed by atoms with E-state index in [9.17, 15) is 8.42 Å². The maximum Gasteiger partial charge on any atom is 0.188 e. The largest absolute Gasteiger partial charge is 0.223 e. The van der Waals surface area contributed by atoms with E-state index in [1.165, 1.54) is 0 Å². The molecule has 1 aromatic carbocycles. The van der Waals surface area contributed by atoms with Crippen molar-refractivity contribution in [2.24, 2.45) is 11.3 Å². The highest BCUT2D eigenvalue weighted by Gasteiger charge is 2.61. The average molecular weight is 288 g/mol. The van der Waals surface area contributed by atoms with E-state index in [-0.39, 0.29) is 11.3 Å². The number of benzene rings is 1. The third-order valence-corrected chi connectivity index (χ3v) is 5.98. The maximum absolute atomic E-state index is 12.7. The molecule has 1 saturated carbocycles. The van der Waals surface area contributed by atoms with Gasteiger partial charge in [0.25, 0.3) is 0 Å². The monoisotopic (exact) mass is 288 g/mol. The van der Waals surface area contributed by atoms with Gasteiger partial charge in [-0.1, -0.05) is 36.1 Å². The van der Waals surface area contributed by atoms with Crippen molar-refractivity contribution >= 4 is 9.84 Å². The van der Waals surface area contributed by atoms with Gasteiger partial charge in [0.15, 0.2) is 9.84 Å². The van der Waals surface area contributed by atoms with Crippen LogP contribution in [0.1, 0.15) is 27.2 Å². The Morgan fingerprint density at radius 3 is 2.40 bits per heavy atom. The molecular formula is C17H20O2S. The summed E-state index contributed by atoms with van der Waals surface area (Å²) < 4.78 is 24.6. The second-order valence-corrected chi connectivity index (χ2v) is 8.49. The molecule has 1 fully saturated rings. The molecule has 0 N–H and O–H groups in total. The van der Waals surface area contributed by atoms with Crippen molar-refractivity contribution in [1.29, 1.82) is 0 Å². The highest BCUT2D eigenvalue weighted by Crippen LogP contribution is 2.53. The van der Waals surface area contributed by atoms with Crippen molar-refractivity contribution < 1.29 is 8.42 Å². The molecule has 0 spiro atoms. The van der Waals surface area contributed by atoms with Crippen molar-refractivity contribution in [3.8, 4) is 11.8 Å². The zero-order chi connectivity index (χ0) is 15.0. The Kier molecular flexibility index (Phi) is 3.56. The van der Waals surface area contributed by atoms with Gasteiger partial charge < -0.3 is 0 Å². The summed E-state index contributed by atoms with van der Waals surface area (Å²) in [5.74, 6) is 6.10. The second kappa shape index (κ2) is 4.79. The highest BCUT2D eigenvalue weighted by atomic mass is 32.2. The minimum absolute atomic E-state index is 0.119. The molecule has 106 valence electrons. The summed E-state index contributed by atoms with van der Waals surface area (Å²) in [6, 6.07) is 8.55. The molecule has 1 aliphatic rings. The van der Waals surface area contributed by atoms with E-state index in [2.05, 4.69) is 18.4 Å². The van der Waals surface area contributed by atoms with Gasteiger partial charge in [0.05, 0.1) is 4.90 Å². The van der Waals surface area contributed by atoms with Gasteiger partial charge >= 0.3 is 0 Å². The minimum atomic E-state index is -3.41. The smallest absolute Gasteiger partial charge is 0.188 e. The first kappa shape index (κ1) is 14.9. The number of hydrogen-bond donors (Lipinski definition) is 0. The van der Waals surface area contributed by atoms with Crippen LogP contribution in [0.3, 0.4) is 0 Å². The summed E-state index contributed by atoms with van der Waals surface area (Å²) in [5.41, 5.74) is -0.119. The van der Waals surface area contributed by atoms with Crippen LogP contribution < -0.4 is 0 Å². The van der Waals surface area contributed by atoms with Gasteiger partial charge in [-0.05, 0) is 39.3 Å². The lowest BCUT2D eigenvalue weighted by atomic mass is 9.98. The summed E-state index contributed by atoms with van der Waals surface area (Å²) in [5, 5.41) is 0. The maximum atomic E-state index is 12.7. The Morgan fingerprint density at radius 1 is 1.30 bits per heavy atom. The Labute approximate surface area is 121 Å². The molecule has 2 atom stereocenters. The van der Waals surface area contributed by atoms with Crippen molar-refractivity contribution in [2.75, 3.05) is 0 Å².